The first-order valence-corrected chi connectivity index (χ1v) is 5.69. The molecule has 1 aromatic heterocycles. The first-order valence-electron chi connectivity index (χ1n) is 4.64. The smallest absolute Gasteiger partial charge is 0.128 e. The normalized spacial score (nSPS) is 23.2. The van der Waals surface area contributed by atoms with E-state index in [0.29, 0.717) is 0 Å². The van der Waals surface area contributed by atoms with Gasteiger partial charge in [-0.2, -0.15) is 11.8 Å². The van der Waals surface area contributed by atoms with Crippen LogP contribution in [0, 0.1) is 0 Å². The van der Waals surface area contributed by atoms with Crippen molar-refractivity contribution in [3.63, 3.8) is 0 Å². The summed E-state index contributed by atoms with van der Waals surface area (Å²) >= 11 is 2.05. The Morgan fingerprint density at radius 1 is 1.54 bits per heavy atom. The Hall–Kier alpha value is -0.700. The number of hydrogen-bond acceptors (Lipinski definition) is 3. The summed E-state index contributed by atoms with van der Waals surface area (Å²) in [6.45, 7) is 4.54. The number of rotatable bonds is 1. The highest BCUT2D eigenvalue weighted by Crippen LogP contribution is 2.21. The fourth-order valence-electron chi connectivity index (χ4n) is 1.57. The molecule has 1 fully saturated rings. The van der Waals surface area contributed by atoms with E-state index in [-0.39, 0.29) is 0 Å². The van der Waals surface area contributed by atoms with Gasteiger partial charge in [-0.05, 0) is 12.1 Å². The van der Waals surface area contributed by atoms with E-state index < -0.39 is 0 Å². The van der Waals surface area contributed by atoms with E-state index in [9.17, 15) is 0 Å². The van der Waals surface area contributed by atoms with E-state index in [2.05, 4.69) is 28.9 Å². The van der Waals surface area contributed by atoms with Gasteiger partial charge < -0.3 is 4.90 Å². The number of hydrogen-bond donors (Lipinski definition) is 0. The van der Waals surface area contributed by atoms with Crippen LogP contribution in [-0.4, -0.2) is 29.1 Å². The summed E-state index contributed by atoms with van der Waals surface area (Å²) in [7, 11) is 0. The lowest BCUT2D eigenvalue weighted by Gasteiger charge is -2.31. The quantitative estimate of drug-likeness (QED) is 0.680. The Kier molecular flexibility index (Phi) is 2.74. The fraction of sp³-hybridized carbons (Fsp3) is 0.500. The fourth-order valence-corrected chi connectivity index (χ4v) is 2.58. The second-order valence-corrected chi connectivity index (χ2v) is 4.86. The Bertz CT molecular complexity index is 263. The molecular formula is C10H14N2S. The maximum atomic E-state index is 4.35. The molecule has 1 aliphatic rings. The van der Waals surface area contributed by atoms with Crippen LogP contribution in [0.2, 0.25) is 0 Å². The molecule has 2 nitrogen and oxygen atoms in total. The molecule has 0 aromatic carbocycles. The van der Waals surface area contributed by atoms with Crippen LogP contribution in [0.15, 0.2) is 24.4 Å². The van der Waals surface area contributed by atoms with Crippen molar-refractivity contribution in [3.8, 4) is 0 Å². The number of anilines is 1. The first-order chi connectivity index (χ1) is 6.36. The number of nitrogens with zero attached hydrogens (tertiary/aromatic N) is 2. The average Bonchev–Trinajstić information content (AvgIpc) is 2.19. The van der Waals surface area contributed by atoms with E-state index in [0.717, 1.165) is 24.2 Å². The second kappa shape index (κ2) is 4.01. The van der Waals surface area contributed by atoms with Gasteiger partial charge in [0.2, 0.25) is 0 Å². The Morgan fingerprint density at radius 3 is 3.15 bits per heavy atom. The molecule has 1 unspecified atom stereocenters. The maximum Gasteiger partial charge on any atom is 0.128 e. The van der Waals surface area contributed by atoms with Crippen molar-refractivity contribution in [3.05, 3.63) is 24.4 Å². The van der Waals surface area contributed by atoms with Gasteiger partial charge in [-0.15, -0.1) is 0 Å². The minimum absolute atomic E-state index is 0.732. The standard InChI is InChI=1S/C10H14N2S/c1-9-8-12(6-7-13-9)10-4-2-3-5-11-10/h2-5,9H,6-8H2,1H3. The molecule has 0 N–H and O–H groups in total. The van der Waals surface area contributed by atoms with Gasteiger partial charge in [-0.3, -0.25) is 0 Å². The van der Waals surface area contributed by atoms with Gasteiger partial charge in [0.15, 0.2) is 0 Å². The molecule has 0 bridgehead atoms. The van der Waals surface area contributed by atoms with Crippen LogP contribution < -0.4 is 4.90 Å². The minimum atomic E-state index is 0.732. The van der Waals surface area contributed by atoms with Gasteiger partial charge >= 0.3 is 0 Å². The van der Waals surface area contributed by atoms with Crippen LogP contribution in [0.3, 0.4) is 0 Å². The summed E-state index contributed by atoms with van der Waals surface area (Å²) in [5, 5.41) is 0.732. The zero-order chi connectivity index (χ0) is 9.10. The number of thioether (sulfide) groups is 1. The molecule has 1 aromatic rings. The van der Waals surface area contributed by atoms with Gasteiger partial charge in [0.25, 0.3) is 0 Å². The molecule has 13 heavy (non-hydrogen) atoms. The molecule has 70 valence electrons. The van der Waals surface area contributed by atoms with Crippen molar-refractivity contribution in [2.45, 2.75) is 12.2 Å². The predicted molar refractivity (Wildman–Crippen MR) is 58.4 cm³/mol. The molecule has 2 rings (SSSR count). The molecular weight excluding hydrogens is 180 g/mol. The summed E-state index contributed by atoms with van der Waals surface area (Å²) in [6, 6.07) is 6.10. The van der Waals surface area contributed by atoms with Crippen molar-refractivity contribution in [2.75, 3.05) is 23.7 Å². The summed E-state index contributed by atoms with van der Waals surface area (Å²) in [4.78, 5) is 6.72. The Balaban J connectivity index is 2.08. The van der Waals surface area contributed by atoms with Crippen molar-refractivity contribution < 1.29 is 0 Å². The Morgan fingerprint density at radius 2 is 2.46 bits per heavy atom. The summed E-state index contributed by atoms with van der Waals surface area (Å²) < 4.78 is 0. The van der Waals surface area contributed by atoms with E-state index >= 15 is 0 Å². The van der Waals surface area contributed by atoms with E-state index in [1.807, 2.05) is 24.0 Å². The molecule has 3 heteroatoms. The van der Waals surface area contributed by atoms with Gasteiger partial charge in [0, 0.05) is 30.3 Å². The molecule has 1 aliphatic heterocycles. The molecule has 0 saturated carbocycles. The van der Waals surface area contributed by atoms with Gasteiger partial charge in [-0.25, -0.2) is 4.98 Å². The van der Waals surface area contributed by atoms with E-state index in [1.54, 1.807) is 0 Å². The highest BCUT2D eigenvalue weighted by atomic mass is 32.2. The lowest BCUT2D eigenvalue weighted by molar-refractivity contribution is 0.770. The third-order valence-corrected chi connectivity index (χ3v) is 3.35. The third kappa shape index (κ3) is 2.15. The second-order valence-electron chi connectivity index (χ2n) is 3.32. The van der Waals surface area contributed by atoms with Gasteiger partial charge in [0.05, 0.1) is 0 Å². The summed E-state index contributed by atoms with van der Waals surface area (Å²) in [5.74, 6) is 2.34. The average molecular weight is 194 g/mol. The van der Waals surface area contributed by atoms with Crippen LogP contribution in [0.4, 0.5) is 5.82 Å². The van der Waals surface area contributed by atoms with Crippen LogP contribution in [0.5, 0.6) is 0 Å². The highest BCUT2D eigenvalue weighted by Gasteiger charge is 2.16. The van der Waals surface area contributed by atoms with Crippen LogP contribution in [-0.2, 0) is 0 Å². The first kappa shape index (κ1) is 8.88. The molecule has 1 atom stereocenters. The lowest BCUT2D eigenvalue weighted by Crippen LogP contribution is -2.37. The highest BCUT2D eigenvalue weighted by molar-refractivity contribution is 8.00. The molecule has 1 saturated heterocycles. The largest absolute Gasteiger partial charge is 0.355 e. The third-order valence-electron chi connectivity index (χ3n) is 2.21. The van der Waals surface area contributed by atoms with Crippen LogP contribution >= 0.6 is 11.8 Å². The number of aromatic nitrogens is 1. The molecule has 0 radical (unpaired) electrons. The maximum absolute atomic E-state index is 4.35. The van der Waals surface area contributed by atoms with Crippen molar-refractivity contribution in [1.29, 1.82) is 0 Å². The molecule has 0 spiro atoms. The summed E-state index contributed by atoms with van der Waals surface area (Å²) in [6.07, 6.45) is 1.86. The van der Waals surface area contributed by atoms with Gasteiger partial charge in [-0.1, -0.05) is 13.0 Å². The van der Waals surface area contributed by atoms with Gasteiger partial charge in [0.1, 0.15) is 5.82 Å². The monoisotopic (exact) mass is 194 g/mol. The molecule has 0 aliphatic carbocycles. The van der Waals surface area contributed by atoms with E-state index in [1.165, 1.54) is 5.75 Å². The minimum Gasteiger partial charge on any atom is -0.355 e. The zero-order valence-electron chi connectivity index (χ0n) is 7.81. The van der Waals surface area contributed by atoms with Crippen molar-refractivity contribution in [2.24, 2.45) is 0 Å². The predicted octanol–water partition coefficient (Wildman–Crippen LogP) is 2.02. The van der Waals surface area contributed by atoms with Crippen molar-refractivity contribution >= 4 is 17.6 Å². The molecule has 2 heterocycles. The van der Waals surface area contributed by atoms with E-state index in [4.69, 9.17) is 0 Å². The zero-order valence-corrected chi connectivity index (χ0v) is 8.63. The van der Waals surface area contributed by atoms with Crippen LogP contribution in [0.1, 0.15) is 6.92 Å². The lowest BCUT2D eigenvalue weighted by atomic mass is 10.3. The van der Waals surface area contributed by atoms with Crippen molar-refractivity contribution in [1.82, 2.24) is 4.98 Å². The van der Waals surface area contributed by atoms with Crippen LogP contribution in [0.25, 0.3) is 0 Å². The Labute approximate surface area is 83.4 Å². The summed E-state index contributed by atoms with van der Waals surface area (Å²) in [5.41, 5.74) is 0. The SMILES string of the molecule is CC1CN(c2ccccn2)CCS1. The molecule has 0 amide bonds. The topological polar surface area (TPSA) is 16.1 Å². The number of pyridine rings is 1.